The number of furan rings is 1. The number of rotatable bonds is 10. The number of hydrogen-bond donors (Lipinski definition) is 2. The Labute approximate surface area is 158 Å². The first kappa shape index (κ1) is 20.4. The molecule has 2 rings (SSSR count). The molecule has 1 amide bonds. The zero-order valence-corrected chi connectivity index (χ0v) is 15.8. The summed E-state index contributed by atoms with van der Waals surface area (Å²) in [7, 11) is 0. The molecule has 1 heterocycles. The number of amides is 1. The molecular formula is C20H25NO6. The lowest BCUT2D eigenvalue weighted by atomic mass is 10.1. The number of ether oxygens (including phenoxy) is 2. The Morgan fingerprint density at radius 3 is 2.37 bits per heavy atom. The van der Waals surface area contributed by atoms with Crippen LogP contribution in [0.3, 0.4) is 0 Å². The Morgan fingerprint density at radius 1 is 1.07 bits per heavy atom. The fraction of sp³-hybridized carbons (Fsp3) is 0.400. The minimum Gasteiger partial charge on any atom is -0.490 e. The van der Waals surface area contributed by atoms with Gasteiger partial charge in [-0.05, 0) is 38.0 Å². The Balaban J connectivity index is 1.98. The van der Waals surface area contributed by atoms with Gasteiger partial charge in [0.2, 0.25) is 0 Å². The van der Waals surface area contributed by atoms with Crippen molar-refractivity contribution >= 4 is 11.9 Å². The third kappa shape index (κ3) is 5.26. The molecule has 0 bridgehead atoms. The molecule has 0 fully saturated rings. The molecule has 0 saturated carbocycles. The molecule has 146 valence electrons. The molecule has 7 nitrogen and oxygen atoms in total. The molecule has 0 atom stereocenters. The maximum atomic E-state index is 12.2. The van der Waals surface area contributed by atoms with Crippen LogP contribution < -0.4 is 14.8 Å². The fourth-order valence-electron chi connectivity index (χ4n) is 2.64. The highest BCUT2D eigenvalue weighted by Gasteiger charge is 2.19. The Kier molecular flexibility index (Phi) is 7.28. The predicted octanol–water partition coefficient (Wildman–Crippen LogP) is 3.31. The van der Waals surface area contributed by atoms with Crippen LogP contribution in [0.15, 0.2) is 28.7 Å². The molecule has 1 aromatic carbocycles. The average Bonchev–Trinajstić information content (AvgIpc) is 3.09. The lowest BCUT2D eigenvalue weighted by Crippen LogP contribution is -2.25. The molecule has 0 saturated heterocycles. The van der Waals surface area contributed by atoms with E-state index < -0.39 is 11.9 Å². The van der Waals surface area contributed by atoms with Crippen molar-refractivity contribution in [3.8, 4) is 11.5 Å². The predicted molar refractivity (Wildman–Crippen MR) is 99.9 cm³/mol. The van der Waals surface area contributed by atoms with Crippen LogP contribution in [0.1, 0.15) is 53.0 Å². The molecule has 0 spiro atoms. The largest absolute Gasteiger partial charge is 0.490 e. The van der Waals surface area contributed by atoms with Crippen LogP contribution in [0.4, 0.5) is 0 Å². The summed E-state index contributed by atoms with van der Waals surface area (Å²) in [5.41, 5.74) is 1.01. The van der Waals surface area contributed by atoms with Gasteiger partial charge in [-0.25, -0.2) is 4.79 Å². The van der Waals surface area contributed by atoms with Gasteiger partial charge in [-0.15, -0.1) is 0 Å². The fourth-order valence-corrected chi connectivity index (χ4v) is 2.64. The summed E-state index contributed by atoms with van der Waals surface area (Å²) in [5.74, 6) is 0.121. The van der Waals surface area contributed by atoms with E-state index in [2.05, 4.69) is 5.32 Å². The van der Waals surface area contributed by atoms with Crippen LogP contribution in [0.5, 0.6) is 11.5 Å². The van der Waals surface area contributed by atoms with Gasteiger partial charge >= 0.3 is 5.97 Å². The smallest absolute Gasteiger partial charge is 0.339 e. The standard InChI is InChI=1S/C20H25NO6/c1-4-15-14(20(23)24)12-18(27-15)19(22)21-10-9-13-7-8-16(25-5-2)17(11-13)26-6-3/h7-8,11-12H,4-6,9-10H2,1-3H3,(H,21,22)(H,23,24). The third-order valence-electron chi connectivity index (χ3n) is 3.89. The normalized spacial score (nSPS) is 10.5. The van der Waals surface area contributed by atoms with Crippen molar-refractivity contribution in [3.63, 3.8) is 0 Å². The topological polar surface area (TPSA) is 98.0 Å². The number of carbonyl (C=O) groups is 2. The number of nitrogens with one attached hydrogen (secondary N) is 1. The quantitative estimate of drug-likeness (QED) is 0.661. The SMILES string of the molecule is CCOc1ccc(CCNC(=O)c2cc(C(=O)O)c(CC)o2)cc1OCC. The molecule has 0 aliphatic carbocycles. The van der Waals surface area contributed by atoms with Crippen molar-refractivity contribution in [2.24, 2.45) is 0 Å². The molecule has 0 radical (unpaired) electrons. The highest BCUT2D eigenvalue weighted by molar-refractivity contribution is 5.96. The van der Waals surface area contributed by atoms with Crippen LogP contribution in [0, 0.1) is 0 Å². The molecule has 0 aliphatic rings. The first-order chi connectivity index (χ1) is 13.0. The van der Waals surface area contributed by atoms with E-state index in [4.69, 9.17) is 19.0 Å². The van der Waals surface area contributed by atoms with Crippen LogP contribution >= 0.6 is 0 Å². The minimum absolute atomic E-state index is 0.00551. The minimum atomic E-state index is -1.10. The molecule has 0 unspecified atom stereocenters. The maximum Gasteiger partial charge on any atom is 0.339 e. The van der Waals surface area contributed by atoms with Crippen LogP contribution in [0.2, 0.25) is 0 Å². The van der Waals surface area contributed by atoms with Gasteiger partial charge in [-0.1, -0.05) is 13.0 Å². The van der Waals surface area contributed by atoms with Crippen molar-refractivity contribution in [3.05, 3.63) is 46.9 Å². The van der Waals surface area contributed by atoms with Crippen molar-refractivity contribution in [1.29, 1.82) is 0 Å². The van der Waals surface area contributed by atoms with E-state index in [0.29, 0.717) is 49.9 Å². The van der Waals surface area contributed by atoms with Gasteiger partial charge in [-0.2, -0.15) is 0 Å². The molecule has 27 heavy (non-hydrogen) atoms. The summed E-state index contributed by atoms with van der Waals surface area (Å²) >= 11 is 0. The van der Waals surface area contributed by atoms with E-state index in [9.17, 15) is 9.59 Å². The number of hydrogen-bond acceptors (Lipinski definition) is 5. The number of carboxylic acids is 1. The van der Waals surface area contributed by atoms with Crippen molar-refractivity contribution in [2.75, 3.05) is 19.8 Å². The zero-order chi connectivity index (χ0) is 19.8. The summed E-state index contributed by atoms with van der Waals surface area (Å²) in [6.07, 6.45) is 0.993. The molecule has 1 aromatic heterocycles. The summed E-state index contributed by atoms with van der Waals surface area (Å²) < 4.78 is 16.5. The van der Waals surface area contributed by atoms with E-state index >= 15 is 0 Å². The Hall–Kier alpha value is -2.96. The van der Waals surface area contributed by atoms with Gasteiger partial charge in [0.15, 0.2) is 17.3 Å². The summed E-state index contributed by atoms with van der Waals surface area (Å²) in [6.45, 7) is 7.05. The molecule has 2 N–H and O–H groups in total. The van der Waals surface area contributed by atoms with Crippen molar-refractivity contribution in [2.45, 2.75) is 33.6 Å². The van der Waals surface area contributed by atoms with Crippen molar-refractivity contribution in [1.82, 2.24) is 5.32 Å². The number of carboxylic acid groups (broad SMARTS) is 1. The van der Waals surface area contributed by atoms with E-state index in [1.54, 1.807) is 6.92 Å². The van der Waals surface area contributed by atoms with E-state index in [1.807, 2.05) is 32.0 Å². The number of aryl methyl sites for hydroxylation is 1. The second-order valence-electron chi connectivity index (χ2n) is 5.76. The van der Waals surface area contributed by atoms with E-state index in [1.165, 1.54) is 6.07 Å². The Morgan fingerprint density at radius 2 is 1.78 bits per heavy atom. The van der Waals surface area contributed by atoms with Gasteiger partial charge in [-0.3, -0.25) is 4.79 Å². The highest BCUT2D eigenvalue weighted by atomic mass is 16.5. The van der Waals surface area contributed by atoms with Gasteiger partial charge in [0.25, 0.3) is 5.91 Å². The number of aromatic carboxylic acids is 1. The molecular weight excluding hydrogens is 350 g/mol. The van der Waals surface area contributed by atoms with Gasteiger partial charge < -0.3 is 24.3 Å². The van der Waals surface area contributed by atoms with Crippen molar-refractivity contribution < 1.29 is 28.6 Å². The van der Waals surface area contributed by atoms with E-state index in [0.717, 1.165) is 5.56 Å². The monoisotopic (exact) mass is 375 g/mol. The lowest BCUT2D eigenvalue weighted by molar-refractivity contribution is 0.0694. The van der Waals surface area contributed by atoms with Crippen LogP contribution in [-0.2, 0) is 12.8 Å². The van der Waals surface area contributed by atoms with Crippen LogP contribution in [0.25, 0.3) is 0 Å². The lowest BCUT2D eigenvalue weighted by Gasteiger charge is -2.12. The summed E-state index contributed by atoms with van der Waals surface area (Å²) in [5, 5.41) is 11.9. The summed E-state index contributed by atoms with van der Waals surface area (Å²) in [6, 6.07) is 6.93. The third-order valence-corrected chi connectivity index (χ3v) is 3.89. The van der Waals surface area contributed by atoms with Gasteiger partial charge in [0.05, 0.1) is 13.2 Å². The second-order valence-corrected chi connectivity index (χ2v) is 5.76. The zero-order valence-electron chi connectivity index (χ0n) is 15.8. The Bertz CT molecular complexity index is 796. The molecule has 2 aromatic rings. The molecule has 7 heteroatoms. The maximum absolute atomic E-state index is 12.2. The first-order valence-corrected chi connectivity index (χ1v) is 9.02. The van der Waals surface area contributed by atoms with Gasteiger partial charge in [0, 0.05) is 19.0 Å². The first-order valence-electron chi connectivity index (χ1n) is 9.02. The van der Waals surface area contributed by atoms with E-state index in [-0.39, 0.29) is 11.3 Å². The second kappa shape index (κ2) is 9.66. The average molecular weight is 375 g/mol. The number of carbonyl (C=O) groups excluding carboxylic acids is 1. The van der Waals surface area contributed by atoms with Crippen LogP contribution in [-0.4, -0.2) is 36.7 Å². The summed E-state index contributed by atoms with van der Waals surface area (Å²) in [4.78, 5) is 23.4. The van der Waals surface area contributed by atoms with Gasteiger partial charge in [0.1, 0.15) is 11.3 Å². The highest BCUT2D eigenvalue weighted by Crippen LogP contribution is 2.28. The number of benzene rings is 1. The molecule has 0 aliphatic heterocycles.